The van der Waals surface area contributed by atoms with E-state index in [1.54, 1.807) is 11.8 Å². The van der Waals surface area contributed by atoms with Crippen LogP contribution >= 0.6 is 35.7 Å². The molecule has 0 atom stereocenters. The van der Waals surface area contributed by atoms with E-state index in [9.17, 15) is 0 Å². The Kier molecular flexibility index (Phi) is 12.9. The number of ether oxygens (including phenoxy) is 1. The number of hydrogen-bond acceptors (Lipinski definition) is 3. The van der Waals surface area contributed by atoms with Crippen molar-refractivity contribution in [3.8, 4) is 5.75 Å². The lowest BCUT2D eigenvalue weighted by atomic mass is 10.3. The molecule has 1 rings (SSSR count). The predicted octanol–water partition coefficient (Wildman–Crippen LogP) is 2.60. The maximum Gasteiger partial charge on any atom is 0.191 e. The highest BCUT2D eigenvalue weighted by atomic mass is 127. The number of aliphatic imine (C=N–C) groups is 1. The second kappa shape index (κ2) is 13.4. The van der Waals surface area contributed by atoms with Gasteiger partial charge < -0.3 is 15.4 Å². The summed E-state index contributed by atoms with van der Waals surface area (Å²) in [6.07, 6.45) is 2.09. The van der Waals surface area contributed by atoms with Gasteiger partial charge in [0.05, 0.1) is 13.1 Å². The van der Waals surface area contributed by atoms with Crippen LogP contribution < -0.4 is 15.4 Å². The van der Waals surface area contributed by atoms with E-state index in [1.165, 1.54) is 0 Å². The number of benzene rings is 1. The SMILES string of the molecule is CCNC(=NCCSC)NCCOc1ccccc1.I. The van der Waals surface area contributed by atoms with Crippen molar-refractivity contribution in [1.82, 2.24) is 10.6 Å². The Balaban J connectivity index is 0.00000361. The molecule has 0 spiro atoms. The Labute approximate surface area is 143 Å². The Morgan fingerprint density at radius 2 is 2.00 bits per heavy atom. The van der Waals surface area contributed by atoms with Crippen LogP contribution in [0.3, 0.4) is 0 Å². The van der Waals surface area contributed by atoms with E-state index in [1.807, 2.05) is 30.3 Å². The Morgan fingerprint density at radius 1 is 1.25 bits per heavy atom. The lowest BCUT2D eigenvalue weighted by Gasteiger charge is -2.11. The van der Waals surface area contributed by atoms with Gasteiger partial charge in [0.1, 0.15) is 12.4 Å². The van der Waals surface area contributed by atoms with Crippen molar-refractivity contribution >= 4 is 41.7 Å². The molecule has 0 aliphatic heterocycles. The highest BCUT2D eigenvalue weighted by molar-refractivity contribution is 14.0. The van der Waals surface area contributed by atoms with Crippen LogP contribution in [-0.2, 0) is 0 Å². The molecule has 0 radical (unpaired) electrons. The molecule has 0 saturated heterocycles. The van der Waals surface area contributed by atoms with E-state index in [0.29, 0.717) is 6.61 Å². The van der Waals surface area contributed by atoms with Crippen LogP contribution in [0.25, 0.3) is 0 Å². The first-order valence-electron chi connectivity index (χ1n) is 6.55. The number of rotatable bonds is 8. The minimum absolute atomic E-state index is 0. The van der Waals surface area contributed by atoms with Gasteiger partial charge in [-0.25, -0.2) is 0 Å². The molecule has 4 nitrogen and oxygen atoms in total. The summed E-state index contributed by atoms with van der Waals surface area (Å²) in [6, 6.07) is 9.83. The molecule has 0 heterocycles. The lowest BCUT2D eigenvalue weighted by molar-refractivity contribution is 0.322. The van der Waals surface area contributed by atoms with Gasteiger partial charge in [0.25, 0.3) is 0 Å². The average Bonchev–Trinajstić information content (AvgIpc) is 2.45. The summed E-state index contributed by atoms with van der Waals surface area (Å²) in [6.45, 7) is 5.11. The molecular formula is C14H24IN3OS. The van der Waals surface area contributed by atoms with Crippen molar-refractivity contribution in [2.45, 2.75) is 6.92 Å². The van der Waals surface area contributed by atoms with Crippen LogP contribution in [0.15, 0.2) is 35.3 Å². The summed E-state index contributed by atoms with van der Waals surface area (Å²) >= 11 is 1.80. The third-order valence-electron chi connectivity index (χ3n) is 2.32. The van der Waals surface area contributed by atoms with E-state index < -0.39 is 0 Å². The molecule has 20 heavy (non-hydrogen) atoms. The molecule has 2 N–H and O–H groups in total. The molecule has 0 aromatic heterocycles. The summed E-state index contributed by atoms with van der Waals surface area (Å²) in [7, 11) is 0. The third-order valence-corrected chi connectivity index (χ3v) is 2.91. The molecule has 0 aliphatic rings. The van der Waals surface area contributed by atoms with E-state index in [4.69, 9.17) is 4.74 Å². The summed E-state index contributed by atoms with van der Waals surface area (Å²) in [5.74, 6) is 2.79. The van der Waals surface area contributed by atoms with Gasteiger partial charge in [-0.1, -0.05) is 18.2 Å². The first-order valence-corrected chi connectivity index (χ1v) is 7.95. The molecule has 6 heteroatoms. The van der Waals surface area contributed by atoms with Crippen molar-refractivity contribution < 1.29 is 4.74 Å². The van der Waals surface area contributed by atoms with Crippen molar-refractivity contribution in [3.63, 3.8) is 0 Å². The second-order valence-corrected chi connectivity index (χ2v) is 4.83. The van der Waals surface area contributed by atoms with E-state index in [2.05, 4.69) is 28.8 Å². The van der Waals surface area contributed by atoms with Crippen molar-refractivity contribution in [1.29, 1.82) is 0 Å². The zero-order chi connectivity index (χ0) is 13.8. The molecule has 1 aromatic rings. The number of halogens is 1. The molecule has 0 saturated carbocycles. The summed E-state index contributed by atoms with van der Waals surface area (Å²) < 4.78 is 5.61. The van der Waals surface area contributed by atoms with Crippen molar-refractivity contribution in [2.24, 2.45) is 4.99 Å². The number of guanidine groups is 1. The smallest absolute Gasteiger partial charge is 0.191 e. The molecule has 114 valence electrons. The number of nitrogens with zero attached hydrogens (tertiary/aromatic N) is 1. The predicted molar refractivity (Wildman–Crippen MR) is 99.7 cm³/mol. The monoisotopic (exact) mass is 409 g/mol. The molecule has 1 aromatic carbocycles. The van der Waals surface area contributed by atoms with Gasteiger partial charge in [0.15, 0.2) is 5.96 Å². The average molecular weight is 409 g/mol. The summed E-state index contributed by atoms with van der Waals surface area (Å²) in [5, 5.41) is 6.47. The topological polar surface area (TPSA) is 45.7 Å². The van der Waals surface area contributed by atoms with Crippen LogP contribution in [-0.4, -0.2) is 44.2 Å². The molecular weight excluding hydrogens is 385 g/mol. The first kappa shape index (κ1) is 19.4. The van der Waals surface area contributed by atoms with Crippen molar-refractivity contribution in [3.05, 3.63) is 30.3 Å². The van der Waals surface area contributed by atoms with Crippen LogP contribution in [0.5, 0.6) is 5.75 Å². The van der Waals surface area contributed by atoms with Gasteiger partial charge in [-0.3, -0.25) is 4.99 Å². The molecule has 0 fully saturated rings. The van der Waals surface area contributed by atoms with Gasteiger partial charge in [-0.15, -0.1) is 24.0 Å². The number of para-hydroxylation sites is 1. The highest BCUT2D eigenvalue weighted by Gasteiger charge is 1.96. The fraction of sp³-hybridized carbons (Fsp3) is 0.500. The van der Waals surface area contributed by atoms with Gasteiger partial charge in [0, 0.05) is 12.3 Å². The van der Waals surface area contributed by atoms with Gasteiger partial charge in [-0.05, 0) is 25.3 Å². The highest BCUT2D eigenvalue weighted by Crippen LogP contribution is 2.07. The molecule has 0 unspecified atom stereocenters. The minimum Gasteiger partial charge on any atom is -0.492 e. The zero-order valence-corrected chi connectivity index (χ0v) is 15.2. The van der Waals surface area contributed by atoms with Crippen molar-refractivity contribution in [2.75, 3.05) is 38.2 Å². The van der Waals surface area contributed by atoms with Crippen LogP contribution in [0.2, 0.25) is 0 Å². The van der Waals surface area contributed by atoms with Crippen LogP contribution in [0.4, 0.5) is 0 Å². The Morgan fingerprint density at radius 3 is 2.65 bits per heavy atom. The third kappa shape index (κ3) is 9.30. The van der Waals surface area contributed by atoms with Crippen LogP contribution in [0.1, 0.15) is 6.92 Å². The lowest BCUT2D eigenvalue weighted by Crippen LogP contribution is -2.39. The Bertz CT molecular complexity index is 363. The van der Waals surface area contributed by atoms with Gasteiger partial charge >= 0.3 is 0 Å². The van der Waals surface area contributed by atoms with E-state index in [-0.39, 0.29) is 24.0 Å². The summed E-state index contributed by atoms with van der Waals surface area (Å²) in [4.78, 5) is 4.47. The maximum absolute atomic E-state index is 5.61. The maximum atomic E-state index is 5.61. The molecule has 0 aliphatic carbocycles. The number of hydrogen-bond donors (Lipinski definition) is 2. The fourth-order valence-electron chi connectivity index (χ4n) is 1.45. The molecule has 0 bridgehead atoms. The largest absolute Gasteiger partial charge is 0.492 e. The fourth-order valence-corrected chi connectivity index (χ4v) is 1.72. The van der Waals surface area contributed by atoms with Crippen LogP contribution in [0, 0.1) is 0 Å². The summed E-state index contributed by atoms with van der Waals surface area (Å²) in [5.41, 5.74) is 0. The number of nitrogens with one attached hydrogen (secondary N) is 2. The second-order valence-electron chi connectivity index (χ2n) is 3.84. The van der Waals surface area contributed by atoms with Gasteiger partial charge in [-0.2, -0.15) is 11.8 Å². The zero-order valence-electron chi connectivity index (χ0n) is 12.1. The quantitative estimate of drug-likeness (QED) is 0.300. The van der Waals surface area contributed by atoms with Gasteiger partial charge in [0.2, 0.25) is 0 Å². The van der Waals surface area contributed by atoms with E-state index >= 15 is 0 Å². The standard InChI is InChI=1S/C14H23N3OS.HI/c1-3-15-14(17-10-12-19-2)16-9-11-18-13-7-5-4-6-8-13;/h4-8H,3,9-12H2,1-2H3,(H2,15,16,17);1H. The normalized spacial score (nSPS) is 10.6. The first-order chi connectivity index (χ1) is 9.36. The Hall–Kier alpha value is -0.630. The minimum atomic E-state index is 0. The van der Waals surface area contributed by atoms with E-state index in [0.717, 1.165) is 37.1 Å². The number of thioether (sulfide) groups is 1. The molecule has 0 amide bonds.